The van der Waals surface area contributed by atoms with Crippen molar-refractivity contribution in [2.24, 2.45) is 0 Å². The number of amides is 2. The fraction of sp³-hybridized carbons (Fsp3) is 0.0952. The standard InChI is InChI=1S/C21H17N3O2/c22-13-12-20(25)23-14-15-8-10-17(11-9-15)24-21(26)19-7-3-5-16-4-1-2-6-18(16)19/h1-11H,12,14H2,(H,23,25)(H,24,26). The molecule has 3 aromatic rings. The van der Waals surface area contributed by atoms with Crippen LogP contribution in [0.5, 0.6) is 0 Å². The van der Waals surface area contributed by atoms with E-state index in [0.717, 1.165) is 16.3 Å². The highest BCUT2D eigenvalue weighted by molar-refractivity contribution is 6.12. The molecule has 0 radical (unpaired) electrons. The summed E-state index contributed by atoms with van der Waals surface area (Å²) in [5.41, 5.74) is 2.19. The van der Waals surface area contributed by atoms with E-state index < -0.39 is 0 Å². The van der Waals surface area contributed by atoms with Crippen LogP contribution in [0.2, 0.25) is 0 Å². The van der Waals surface area contributed by atoms with Gasteiger partial charge in [-0.1, -0.05) is 48.5 Å². The minimum atomic E-state index is -0.305. The predicted molar refractivity (Wildman–Crippen MR) is 100 cm³/mol. The number of nitriles is 1. The number of rotatable bonds is 5. The lowest BCUT2D eigenvalue weighted by molar-refractivity contribution is -0.120. The first-order chi connectivity index (χ1) is 12.7. The lowest BCUT2D eigenvalue weighted by atomic mass is 10.0. The third-order valence-corrected chi connectivity index (χ3v) is 3.98. The zero-order valence-electron chi connectivity index (χ0n) is 14.0. The van der Waals surface area contributed by atoms with Crippen molar-refractivity contribution < 1.29 is 9.59 Å². The molecular formula is C21H17N3O2. The molecule has 2 amide bonds. The second-order valence-electron chi connectivity index (χ2n) is 5.79. The molecule has 0 aliphatic rings. The first-order valence-electron chi connectivity index (χ1n) is 8.19. The van der Waals surface area contributed by atoms with Gasteiger partial charge in [0.15, 0.2) is 0 Å². The van der Waals surface area contributed by atoms with Crippen LogP contribution in [0.3, 0.4) is 0 Å². The van der Waals surface area contributed by atoms with Crippen LogP contribution in [0.1, 0.15) is 22.3 Å². The molecular weight excluding hydrogens is 326 g/mol. The topological polar surface area (TPSA) is 82.0 Å². The number of benzene rings is 3. The summed E-state index contributed by atoms with van der Waals surface area (Å²) in [6.07, 6.45) is -0.154. The van der Waals surface area contributed by atoms with Gasteiger partial charge in [0, 0.05) is 17.8 Å². The van der Waals surface area contributed by atoms with Gasteiger partial charge in [0.25, 0.3) is 5.91 Å². The number of nitrogens with one attached hydrogen (secondary N) is 2. The molecule has 0 bridgehead atoms. The summed E-state index contributed by atoms with van der Waals surface area (Å²) in [4.78, 5) is 23.9. The van der Waals surface area contributed by atoms with E-state index in [0.29, 0.717) is 17.8 Å². The first kappa shape index (κ1) is 17.2. The Bertz CT molecular complexity index is 983. The van der Waals surface area contributed by atoms with E-state index in [4.69, 9.17) is 5.26 Å². The van der Waals surface area contributed by atoms with Gasteiger partial charge in [-0.15, -0.1) is 0 Å². The summed E-state index contributed by atoms with van der Waals surface area (Å²) >= 11 is 0. The Balaban J connectivity index is 1.68. The fourth-order valence-corrected chi connectivity index (χ4v) is 2.66. The van der Waals surface area contributed by atoms with Crippen molar-refractivity contribution in [2.45, 2.75) is 13.0 Å². The lowest BCUT2D eigenvalue weighted by Gasteiger charge is -2.09. The van der Waals surface area contributed by atoms with Gasteiger partial charge in [-0.25, -0.2) is 0 Å². The molecule has 0 aliphatic heterocycles. The molecule has 0 spiro atoms. The maximum absolute atomic E-state index is 12.6. The maximum atomic E-state index is 12.6. The molecule has 128 valence electrons. The van der Waals surface area contributed by atoms with Crippen molar-refractivity contribution in [2.75, 3.05) is 5.32 Å². The Kier molecular flexibility index (Phi) is 5.25. The number of carbonyl (C=O) groups is 2. The van der Waals surface area contributed by atoms with Gasteiger partial charge < -0.3 is 10.6 Å². The third kappa shape index (κ3) is 4.05. The number of anilines is 1. The average Bonchev–Trinajstić information content (AvgIpc) is 2.67. The Hall–Kier alpha value is -3.65. The van der Waals surface area contributed by atoms with E-state index >= 15 is 0 Å². The van der Waals surface area contributed by atoms with Crippen LogP contribution in [0.15, 0.2) is 66.7 Å². The molecule has 0 heterocycles. The van der Waals surface area contributed by atoms with Crippen molar-refractivity contribution >= 4 is 28.3 Å². The molecule has 0 saturated carbocycles. The lowest BCUT2D eigenvalue weighted by Crippen LogP contribution is -2.21. The van der Waals surface area contributed by atoms with Gasteiger partial charge in [0.05, 0.1) is 6.07 Å². The predicted octanol–water partition coefficient (Wildman–Crippen LogP) is 3.62. The zero-order chi connectivity index (χ0) is 18.4. The minimum Gasteiger partial charge on any atom is -0.351 e. The minimum absolute atomic E-state index is 0.154. The summed E-state index contributed by atoms with van der Waals surface area (Å²) in [5.74, 6) is -0.474. The number of nitrogens with zero attached hydrogens (tertiary/aromatic N) is 1. The molecule has 0 aliphatic carbocycles. The smallest absolute Gasteiger partial charge is 0.256 e. The van der Waals surface area contributed by atoms with E-state index in [9.17, 15) is 9.59 Å². The molecule has 3 aromatic carbocycles. The van der Waals surface area contributed by atoms with E-state index in [2.05, 4.69) is 10.6 Å². The second-order valence-corrected chi connectivity index (χ2v) is 5.79. The van der Waals surface area contributed by atoms with E-state index in [-0.39, 0.29) is 18.2 Å². The highest BCUT2D eigenvalue weighted by atomic mass is 16.2. The van der Waals surface area contributed by atoms with E-state index in [1.165, 1.54) is 0 Å². The first-order valence-corrected chi connectivity index (χ1v) is 8.19. The summed E-state index contributed by atoms with van der Waals surface area (Å²) in [5, 5.41) is 15.9. The Morgan fingerprint density at radius 1 is 0.923 bits per heavy atom. The molecule has 0 atom stereocenters. The van der Waals surface area contributed by atoms with Gasteiger partial charge in [-0.3, -0.25) is 9.59 Å². The third-order valence-electron chi connectivity index (χ3n) is 3.98. The summed E-state index contributed by atoms with van der Waals surface area (Å²) in [6, 6.07) is 22.4. The second kappa shape index (κ2) is 7.95. The van der Waals surface area contributed by atoms with Crippen LogP contribution < -0.4 is 10.6 Å². The van der Waals surface area contributed by atoms with E-state index in [1.807, 2.05) is 48.5 Å². The van der Waals surface area contributed by atoms with Crippen molar-refractivity contribution in [3.05, 3.63) is 77.9 Å². The molecule has 2 N–H and O–H groups in total. The van der Waals surface area contributed by atoms with Crippen molar-refractivity contribution in [3.8, 4) is 6.07 Å². The largest absolute Gasteiger partial charge is 0.351 e. The quantitative estimate of drug-likeness (QED) is 0.742. The summed E-state index contributed by atoms with van der Waals surface area (Å²) in [6.45, 7) is 0.345. The van der Waals surface area contributed by atoms with Crippen LogP contribution in [-0.4, -0.2) is 11.8 Å². The Morgan fingerprint density at radius 3 is 2.42 bits per heavy atom. The van der Waals surface area contributed by atoms with Crippen molar-refractivity contribution in [3.63, 3.8) is 0 Å². The number of hydrogen-bond donors (Lipinski definition) is 2. The average molecular weight is 343 g/mol. The molecule has 0 unspecified atom stereocenters. The highest BCUT2D eigenvalue weighted by Gasteiger charge is 2.10. The van der Waals surface area contributed by atoms with Crippen LogP contribution in [0.4, 0.5) is 5.69 Å². The van der Waals surface area contributed by atoms with Crippen LogP contribution in [0.25, 0.3) is 10.8 Å². The Morgan fingerprint density at radius 2 is 1.65 bits per heavy atom. The zero-order valence-corrected chi connectivity index (χ0v) is 14.0. The van der Waals surface area contributed by atoms with Gasteiger partial charge >= 0.3 is 0 Å². The van der Waals surface area contributed by atoms with Crippen LogP contribution >= 0.6 is 0 Å². The number of fused-ring (bicyclic) bond motifs is 1. The van der Waals surface area contributed by atoms with Crippen LogP contribution in [-0.2, 0) is 11.3 Å². The van der Waals surface area contributed by atoms with Crippen molar-refractivity contribution in [1.29, 1.82) is 5.26 Å². The molecule has 0 saturated heterocycles. The van der Waals surface area contributed by atoms with Gasteiger partial charge in [-0.2, -0.15) is 5.26 Å². The SMILES string of the molecule is N#CCC(=O)NCc1ccc(NC(=O)c2cccc3ccccc23)cc1. The normalized spacial score (nSPS) is 10.1. The highest BCUT2D eigenvalue weighted by Crippen LogP contribution is 2.20. The molecule has 0 fully saturated rings. The van der Waals surface area contributed by atoms with Gasteiger partial charge in [-0.05, 0) is 34.5 Å². The molecule has 26 heavy (non-hydrogen) atoms. The van der Waals surface area contributed by atoms with Crippen LogP contribution in [0, 0.1) is 11.3 Å². The fourth-order valence-electron chi connectivity index (χ4n) is 2.66. The van der Waals surface area contributed by atoms with E-state index in [1.54, 1.807) is 24.3 Å². The molecule has 5 nitrogen and oxygen atoms in total. The molecule has 3 rings (SSSR count). The molecule has 5 heteroatoms. The molecule has 0 aromatic heterocycles. The Labute approximate surface area is 151 Å². The summed E-state index contributed by atoms with van der Waals surface area (Å²) in [7, 11) is 0. The monoisotopic (exact) mass is 343 g/mol. The van der Waals surface area contributed by atoms with Gasteiger partial charge in [0.2, 0.25) is 5.91 Å². The van der Waals surface area contributed by atoms with Crippen molar-refractivity contribution in [1.82, 2.24) is 5.32 Å². The summed E-state index contributed by atoms with van der Waals surface area (Å²) < 4.78 is 0. The van der Waals surface area contributed by atoms with Gasteiger partial charge in [0.1, 0.15) is 6.42 Å². The number of carbonyl (C=O) groups excluding carboxylic acids is 2. The number of hydrogen-bond acceptors (Lipinski definition) is 3. The maximum Gasteiger partial charge on any atom is 0.256 e.